The van der Waals surface area contributed by atoms with Gasteiger partial charge in [0.15, 0.2) is 0 Å². The highest BCUT2D eigenvalue weighted by Crippen LogP contribution is 2.30. The van der Waals surface area contributed by atoms with Crippen molar-refractivity contribution < 1.29 is 9.53 Å². The number of hydrogen-bond acceptors (Lipinski definition) is 3. The third-order valence-corrected chi connectivity index (χ3v) is 5.31. The first-order valence-corrected chi connectivity index (χ1v) is 9.71. The molecule has 1 fully saturated rings. The number of nitriles is 1. The molecular weight excluding hydrogens is 336 g/mol. The Morgan fingerprint density at radius 3 is 2.78 bits per heavy atom. The van der Waals surface area contributed by atoms with E-state index in [0.29, 0.717) is 18.3 Å². The molecule has 4 nitrogen and oxygen atoms in total. The number of carbonyl (C=O) groups is 1. The van der Waals surface area contributed by atoms with Crippen LogP contribution in [-0.4, -0.2) is 18.6 Å². The summed E-state index contributed by atoms with van der Waals surface area (Å²) in [7, 11) is 0. The third-order valence-electron chi connectivity index (χ3n) is 5.31. The minimum atomic E-state index is -0.299. The number of amides is 1. The average Bonchev–Trinajstić information content (AvgIpc) is 2.69. The van der Waals surface area contributed by atoms with E-state index in [4.69, 9.17) is 4.74 Å². The van der Waals surface area contributed by atoms with E-state index >= 15 is 0 Å². The van der Waals surface area contributed by atoms with Crippen LogP contribution in [0.3, 0.4) is 0 Å². The lowest BCUT2D eigenvalue weighted by molar-refractivity contribution is -0.118. The van der Waals surface area contributed by atoms with E-state index < -0.39 is 0 Å². The van der Waals surface area contributed by atoms with Gasteiger partial charge in [-0.15, -0.1) is 0 Å². The average molecular weight is 362 g/mol. The number of nitrogens with zero attached hydrogens (tertiary/aromatic N) is 1. The smallest absolute Gasteiger partial charge is 0.262 e. The van der Waals surface area contributed by atoms with Gasteiger partial charge in [0.25, 0.3) is 5.91 Å². The summed E-state index contributed by atoms with van der Waals surface area (Å²) in [6.45, 7) is 4.61. The van der Waals surface area contributed by atoms with Crippen molar-refractivity contribution in [2.75, 3.05) is 6.61 Å². The second kappa shape index (κ2) is 8.73. The van der Waals surface area contributed by atoms with Crippen molar-refractivity contribution in [3.05, 3.63) is 47.5 Å². The Bertz CT molecular complexity index is 895. The minimum Gasteiger partial charge on any atom is -0.493 e. The van der Waals surface area contributed by atoms with Crippen molar-refractivity contribution in [1.29, 1.82) is 5.26 Å². The topological polar surface area (TPSA) is 62.1 Å². The van der Waals surface area contributed by atoms with Crippen molar-refractivity contribution in [1.82, 2.24) is 5.32 Å². The van der Waals surface area contributed by atoms with E-state index in [-0.39, 0.29) is 17.5 Å². The molecular formula is C23H26N2O2. The summed E-state index contributed by atoms with van der Waals surface area (Å²) in [5, 5.41) is 14.7. The first-order valence-electron chi connectivity index (χ1n) is 9.71. The molecule has 0 aliphatic heterocycles. The zero-order chi connectivity index (χ0) is 19.2. The number of rotatable bonds is 5. The Labute approximate surface area is 160 Å². The standard InChI is InChI=1S/C23H26N2O2/c1-3-27-22-13-12-17-9-5-6-10-19(17)20(22)14-18(15-24)23(26)25-21-11-7-4-8-16(21)2/h5-6,9-10,12-14,16,21H,3-4,7-8,11H2,1-2H3,(H,25,26)/b18-14+/t16-,21+/m1/s1. The van der Waals surface area contributed by atoms with Crippen molar-refractivity contribution >= 4 is 22.8 Å². The fraction of sp³-hybridized carbons (Fsp3) is 0.391. The van der Waals surface area contributed by atoms with Crippen molar-refractivity contribution in [2.45, 2.75) is 45.6 Å². The highest BCUT2D eigenvalue weighted by molar-refractivity contribution is 6.05. The van der Waals surface area contributed by atoms with Crippen molar-refractivity contribution in [3.63, 3.8) is 0 Å². The van der Waals surface area contributed by atoms with Gasteiger partial charge in [-0.2, -0.15) is 5.26 Å². The van der Waals surface area contributed by atoms with Crippen LogP contribution >= 0.6 is 0 Å². The van der Waals surface area contributed by atoms with Gasteiger partial charge in [-0.1, -0.05) is 50.1 Å². The summed E-state index contributed by atoms with van der Waals surface area (Å²) < 4.78 is 5.75. The lowest BCUT2D eigenvalue weighted by Gasteiger charge is -2.29. The molecule has 27 heavy (non-hydrogen) atoms. The number of ether oxygens (including phenoxy) is 1. The minimum absolute atomic E-state index is 0.116. The molecule has 0 spiro atoms. The molecule has 1 aliphatic rings. The van der Waals surface area contributed by atoms with Crippen molar-refractivity contribution in [2.24, 2.45) is 5.92 Å². The third kappa shape index (κ3) is 4.31. The number of hydrogen-bond donors (Lipinski definition) is 1. The number of carbonyl (C=O) groups excluding carboxylic acids is 1. The maximum Gasteiger partial charge on any atom is 0.262 e. The molecule has 2 aromatic carbocycles. The zero-order valence-corrected chi connectivity index (χ0v) is 16.0. The van der Waals surface area contributed by atoms with E-state index in [9.17, 15) is 10.1 Å². The maximum absolute atomic E-state index is 12.8. The zero-order valence-electron chi connectivity index (χ0n) is 16.0. The van der Waals surface area contributed by atoms with E-state index in [0.717, 1.165) is 35.6 Å². The Kier molecular flexibility index (Phi) is 6.13. The Morgan fingerprint density at radius 2 is 2.04 bits per heavy atom. The number of benzene rings is 2. The van der Waals surface area contributed by atoms with Crippen LogP contribution in [0.25, 0.3) is 16.8 Å². The van der Waals surface area contributed by atoms with Gasteiger partial charge in [0.05, 0.1) is 6.61 Å². The van der Waals surface area contributed by atoms with Gasteiger partial charge in [0, 0.05) is 11.6 Å². The van der Waals surface area contributed by atoms with Gasteiger partial charge in [-0.25, -0.2) is 0 Å². The highest BCUT2D eigenvalue weighted by atomic mass is 16.5. The fourth-order valence-corrected chi connectivity index (χ4v) is 3.78. The lowest BCUT2D eigenvalue weighted by atomic mass is 9.86. The normalized spacial score (nSPS) is 20.1. The first-order chi connectivity index (χ1) is 13.1. The van der Waals surface area contributed by atoms with Crippen LogP contribution in [0.5, 0.6) is 5.75 Å². The monoisotopic (exact) mass is 362 g/mol. The van der Waals surface area contributed by atoms with E-state index in [2.05, 4.69) is 18.3 Å². The molecule has 0 unspecified atom stereocenters. The van der Waals surface area contributed by atoms with Gasteiger partial charge >= 0.3 is 0 Å². The van der Waals surface area contributed by atoms with Crippen LogP contribution in [0.15, 0.2) is 42.0 Å². The Balaban J connectivity index is 1.96. The molecule has 2 aromatic rings. The number of nitrogens with one attached hydrogen (secondary N) is 1. The van der Waals surface area contributed by atoms with Gasteiger partial charge < -0.3 is 10.1 Å². The number of fused-ring (bicyclic) bond motifs is 1. The lowest BCUT2D eigenvalue weighted by Crippen LogP contribution is -2.41. The summed E-state index contributed by atoms with van der Waals surface area (Å²) in [6, 6.07) is 14.0. The molecule has 0 saturated heterocycles. The summed E-state index contributed by atoms with van der Waals surface area (Å²) in [6.07, 6.45) is 6.09. The largest absolute Gasteiger partial charge is 0.493 e. The molecule has 0 radical (unpaired) electrons. The van der Waals surface area contributed by atoms with E-state index in [1.165, 1.54) is 6.42 Å². The van der Waals surface area contributed by atoms with Crippen LogP contribution in [0, 0.1) is 17.2 Å². The summed E-state index contributed by atoms with van der Waals surface area (Å²) in [5.41, 5.74) is 0.892. The van der Waals surface area contributed by atoms with E-state index in [1.807, 2.05) is 43.3 Å². The predicted octanol–water partition coefficient (Wildman–Crippen LogP) is 4.84. The summed E-state index contributed by atoms with van der Waals surface area (Å²) >= 11 is 0. The molecule has 4 heteroatoms. The van der Waals surface area contributed by atoms with Crippen LogP contribution < -0.4 is 10.1 Å². The maximum atomic E-state index is 12.8. The molecule has 2 atom stereocenters. The van der Waals surface area contributed by atoms with Crippen LogP contribution in [-0.2, 0) is 4.79 Å². The molecule has 0 heterocycles. The molecule has 1 saturated carbocycles. The fourth-order valence-electron chi connectivity index (χ4n) is 3.78. The van der Waals surface area contributed by atoms with Gasteiger partial charge in [0.2, 0.25) is 0 Å². The molecule has 1 aliphatic carbocycles. The van der Waals surface area contributed by atoms with Gasteiger partial charge in [0.1, 0.15) is 17.4 Å². The van der Waals surface area contributed by atoms with Crippen LogP contribution in [0.1, 0.15) is 45.1 Å². The molecule has 3 rings (SSSR count). The molecule has 0 bridgehead atoms. The Hall–Kier alpha value is -2.80. The summed E-state index contributed by atoms with van der Waals surface area (Å²) in [4.78, 5) is 12.8. The second-order valence-electron chi connectivity index (χ2n) is 7.14. The SMILES string of the molecule is CCOc1ccc2ccccc2c1/C=C(\C#N)C(=O)N[C@H]1CCCC[C@H]1C. The first kappa shape index (κ1) is 19.0. The molecule has 1 N–H and O–H groups in total. The summed E-state index contributed by atoms with van der Waals surface area (Å²) in [5.74, 6) is 0.827. The van der Waals surface area contributed by atoms with Crippen LogP contribution in [0.4, 0.5) is 0 Å². The van der Waals surface area contributed by atoms with Gasteiger partial charge in [-0.3, -0.25) is 4.79 Å². The van der Waals surface area contributed by atoms with E-state index in [1.54, 1.807) is 6.08 Å². The highest BCUT2D eigenvalue weighted by Gasteiger charge is 2.24. The molecule has 140 valence electrons. The predicted molar refractivity (Wildman–Crippen MR) is 108 cm³/mol. The van der Waals surface area contributed by atoms with Crippen molar-refractivity contribution in [3.8, 4) is 11.8 Å². The molecule has 1 amide bonds. The van der Waals surface area contributed by atoms with Crippen LogP contribution in [0.2, 0.25) is 0 Å². The van der Waals surface area contributed by atoms with Gasteiger partial charge in [-0.05, 0) is 48.6 Å². The Morgan fingerprint density at radius 1 is 1.26 bits per heavy atom. The second-order valence-corrected chi connectivity index (χ2v) is 7.14. The molecule has 0 aromatic heterocycles. The quantitative estimate of drug-likeness (QED) is 0.611.